The number of benzene rings is 1. The average molecular weight is 287 g/mol. The van der Waals surface area contributed by atoms with Gasteiger partial charge in [-0.05, 0) is 30.1 Å². The number of nitrogens with one attached hydrogen (secondary N) is 2. The molecule has 4 nitrogen and oxygen atoms in total. The van der Waals surface area contributed by atoms with Crippen LogP contribution in [0.25, 0.3) is 11.1 Å². The van der Waals surface area contributed by atoms with Gasteiger partial charge < -0.3 is 10.6 Å². The van der Waals surface area contributed by atoms with Crippen LogP contribution in [0, 0.1) is 0 Å². The number of carbonyl (C=O) groups is 1. The predicted molar refractivity (Wildman–Crippen MR) is 82.1 cm³/mol. The van der Waals surface area contributed by atoms with Gasteiger partial charge in [0.2, 0.25) is 5.91 Å². The van der Waals surface area contributed by atoms with Crippen LogP contribution in [-0.2, 0) is 4.79 Å². The molecule has 0 saturated carbocycles. The lowest BCUT2D eigenvalue weighted by Crippen LogP contribution is -2.09. The molecule has 0 radical (unpaired) electrons. The van der Waals surface area contributed by atoms with Gasteiger partial charge >= 0.3 is 0 Å². The first-order valence-corrected chi connectivity index (χ1v) is 7.56. The van der Waals surface area contributed by atoms with Crippen molar-refractivity contribution in [3.05, 3.63) is 36.0 Å². The fraction of sp³-hybridized carbons (Fsp3) is 0.333. The van der Waals surface area contributed by atoms with Crippen LogP contribution in [0.5, 0.6) is 0 Å². The Bertz CT molecular complexity index is 603. The zero-order chi connectivity index (χ0) is 13.9. The zero-order valence-corrected chi connectivity index (χ0v) is 12.2. The van der Waals surface area contributed by atoms with Gasteiger partial charge in [0.15, 0.2) is 0 Å². The van der Waals surface area contributed by atoms with E-state index < -0.39 is 0 Å². The highest BCUT2D eigenvalue weighted by Gasteiger charge is 2.25. The molecule has 1 aromatic carbocycles. The van der Waals surface area contributed by atoms with Crippen molar-refractivity contribution in [2.75, 3.05) is 18.4 Å². The summed E-state index contributed by atoms with van der Waals surface area (Å²) in [6.45, 7) is 3.53. The third kappa shape index (κ3) is 2.59. The summed E-state index contributed by atoms with van der Waals surface area (Å²) < 4.78 is 4.61. The molecule has 1 saturated heterocycles. The first-order valence-electron chi connectivity index (χ1n) is 6.79. The lowest BCUT2D eigenvalue weighted by Gasteiger charge is -2.10. The van der Waals surface area contributed by atoms with Gasteiger partial charge in [-0.2, -0.15) is 4.37 Å². The smallest absolute Gasteiger partial charge is 0.221 e. The van der Waals surface area contributed by atoms with E-state index in [-0.39, 0.29) is 5.91 Å². The van der Waals surface area contributed by atoms with E-state index in [0.29, 0.717) is 5.92 Å². The molecule has 104 valence electrons. The van der Waals surface area contributed by atoms with E-state index in [1.165, 1.54) is 18.5 Å². The molecule has 2 N–H and O–H groups in total. The molecule has 0 aliphatic carbocycles. The Hall–Kier alpha value is -1.72. The molecule has 20 heavy (non-hydrogen) atoms. The van der Waals surface area contributed by atoms with Gasteiger partial charge in [0.05, 0.1) is 5.69 Å². The molecule has 0 unspecified atom stereocenters. The number of hydrogen-bond acceptors (Lipinski definition) is 4. The van der Waals surface area contributed by atoms with Crippen molar-refractivity contribution < 1.29 is 4.79 Å². The van der Waals surface area contributed by atoms with Crippen molar-refractivity contribution in [2.45, 2.75) is 19.3 Å². The Balaban J connectivity index is 2.06. The van der Waals surface area contributed by atoms with E-state index in [4.69, 9.17) is 0 Å². The normalized spacial score (nSPS) is 18.1. The molecular weight excluding hydrogens is 270 g/mol. The van der Waals surface area contributed by atoms with Crippen molar-refractivity contribution in [1.82, 2.24) is 9.69 Å². The lowest BCUT2D eigenvalue weighted by molar-refractivity contribution is -0.114. The van der Waals surface area contributed by atoms with Gasteiger partial charge in [-0.25, -0.2) is 0 Å². The Kier molecular flexibility index (Phi) is 3.80. The average Bonchev–Trinajstić information content (AvgIpc) is 3.07. The molecule has 2 aromatic rings. The second-order valence-corrected chi connectivity index (χ2v) is 5.78. The summed E-state index contributed by atoms with van der Waals surface area (Å²) in [5, 5.41) is 7.14. The summed E-state index contributed by atoms with van der Waals surface area (Å²) >= 11 is 1.38. The van der Waals surface area contributed by atoms with Crippen LogP contribution in [0.4, 0.5) is 5.00 Å². The van der Waals surface area contributed by atoms with Gasteiger partial charge in [-0.3, -0.25) is 4.79 Å². The van der Waals surface area contributed by atoms with Crippen LogP contribution in [0.1, 0.15) is 25.0 Å². The summed E-state index contributed by atoms with van der Waals surface area (Å²) in [5.41, 5.74) is 3.31. The summed E-state index contributed by atoms with van der Waals surface area (Å²) in [6, 6.07) is 10.2. The van der Waals surface area contributed by atoms with Crippen molar-refractivity contribution in [1.29, 1.82) is 0 Å². The SMILES string of the molecule is CC(=O)Nc1snc([C@H]2CCNC2)c1-c1ccccc1. The number of rotatable bonds is 3. The molecule has 3 rings (SSSR count). The van der Waals surface area contributed by atoms with E-state index >= 15 is 0 Å². The third-order valence-electron chi connectivity index (χ3n) is 3.52. The lowest BCUT2D eigenvalue weighted by atomic mass is 9.96. The predicted octanol–water partition coefficient (Wildman–Crippen LogP) is 2.85. The first-order chi connectivity index (χ1) is 9.75. The fourth-order valence-electron chi connectivity index (χ4n) is 2.60. The molecule has 1 atom stereocenters. The van der Waals surface area contributed by atoms with Gasteiger partial charge in [0.1, 0.15) is 5.00 Å². The highest BCUT2D eigenvalue weighted by atomic mass is 32.1. The van der Waals surface area contributed by atoms with Crippen LogP contribution < -0.4 is 10.6 Å². The molecule has 1 aliphatic heterocycles. The minimum absolute atomic E-state index is 0.0538. The fourth-order valence-corrected chi connectivity index (χ4v) is 3.53. The van der Waals surface area contributed by atoms with Crippen molar-refractivity contribution in [3.8, 4) is 11.1 Å². The highest BCUT2D eigenvalue weighted by molar-refractivity contribution is 7.11. The van der Waals surface area contributed by atoms with Crippen molar-refractivity contribution in [2.24, 2.45) is 0 Å². The molecule has 0 bridgehead atoms. The molecule has 2 heterocycles. The quantitative estimate of drug-likeness (QED) is 0.912. The van der Waals surface area contributed by atoms with E-state index in [9.17, 15) is 4.79 Å². The van der Waals surface area contributed by atoms with Gasteiger partial charge in [0.25, 0.3) is 0 Å². The molecule has 5 heteroatoms. The second kappa shape index (κ2) is 5.73. The Morgan fingerprint density at radius 1 is 1.40 bits per heavy atom. The number of carbonyl (C=O) groups excluding carboxylic acids is 1. The Morgan fingerprint density at radius 3 is 2.85 bits per heavy atom. The van der Waals surface area contributed by atoms with Crippen molar-refractivity contribution >= 4 is 22.4 Å². The third-order valence-corrected chi connectivity index (χ3v) is 4.29. The van der Waals surface area contributed by atoms with Crippen LogP contribution in [0.15, 0.2) is 30.3 Å². The monoisotopic (exact) mass is 287 g/mol. The van der Waals surface area contributed by atoms with E-state index in [1.807, 2.05) is 18.2 Å². The number of hydrogen-bond donors (Lipinski definition) is 2. The van der Waals surface area contributed by atoms with Crippen LogP contribution in [0.3, 0.4) is 0 Å². The number of aromatic nitrogens is 1. The standard InChI is InChI=1S/C15H17N3OS/c1-10(19)17-15-13(11-5-3-2-4-6-11)14(18-20-15)12-7-8-16-9-12/h2-6,12,16H,7-9H2,1H3,(H,17,19)/t12-/m0/s1. The minimum atomic E-state index is -0.0538. The maximum atomic E-state index is 11.4. The number of amides is 1. The zero-order valence-electron chi connectivity index (χ0n) is 11.3. The summed E-state index contributed by atoms with van der Waals surface area (Å²) in [6.07, 6.45) is 1.10. The van der Waals surface area contributed by atoms with E-state index in [1.54, 1.807) is 0 Å². The maximum Gasteiger partial charge on any atom is 0.221 e. The van der Waals surface area contributed by atoms with E-state index in [2.05, 4.69) is 27.1 Å². The second-order valence-electron chi connectivity index (χ2n) is 5.01. The molecule has 1 amide bonds. The van der Waals surface area contributed by atoms with Gasteiger partial charge in [-0.15, -0.1) is 0 Å². The Labute approximate surface area is 122 Å². The number of anilines is 1. The maximum absolute atomic E-state index is 11.4. The Morgan fingerprint density at radius 2 is 2.20 bits per heavy atom. The van der Waals surface area contributed by atoms with Crippen LogP contribution in [-0.4, -0.2) is 23.4 Å². The van der Waals surface area contributed by atoms with E-state index in [0.717, 1.165) is 41.3 Å². The first kappa shape index (κ1) is 13.3. The number of nitrogens with zero attached hydrogens (tertiary/aromatic N) is 1. The largest absolute Gasteiger partial charge is 0.316 e. The van der Waals surface area contributed by atoms with Crippen LogP contribution in [0.2, 0.25) is 0 Å². The summed E-state index contributed by atoms with van der Waals surface area (Å²) in [5.74, 6) is 0.380. The molecule has 1 fully saturated rings. The molecular formula is C15H17N3OS. The van der Waals surface area contributed by atoms with Crippen molar-refractivity contribution in [3.63, 3.8) is 0 Å². The van der Waals surface area contributed by atoms with Crippen LogP contribution >= 0.6 is 11.5 Å². The summed E-state index contributed by atoms with van der Waals surface area (Å²) in [7, 11) is 0. The minimum Gasteiger partial charge on any atom is -0.316 e. The molecule has 1 aromatic heterocycles. The molecule has 1 aliphatic rings. The molecule has 0 spiro atoms. The topological polar surface area (TPSA) is 54.0 Å². The highest BCUT2D eigenvalue weighted by Crippen LogP contribution is 2.40. The van der Waals surface area contributed by atoms with Gasteiger partial charge in [0, 0.05) is 24.9 Å². The summed E-state index contributed by atoms with van der Waals surface area (Å²) in [4.78, 5) is 11.4. The van der Waals surface area contributed by atoms with Gasteiger partial charge in [-0.1, -0.05) is 30.3 Å².